The summed E-state index contributed by atoms with van der Waals surface area (Å²) in [6.45, 7) is 3.87. The number of nitrogens with two attached hydrogens (primary N) is 1. The molecule has 2 rings (SSSR count). The minimum absolute atomic E-state index is 0.0586. The van der Waals surface area contributed by atoms with Crippen LogP contribution >= 0.6 is 15.9 Å². The first-order valence-electron chi connectivity index (χ1n) is 6.11. The van der Waals surface area contributed by atoms with E-state index in [1.54, 1.807) is 6.07 Å². The van der Waals surface area contributed by atoms with Crippen LogP contribution in [0.15, 0.2) is 29.0 Å². The molecular formula is C13H13BrN4O3. The third kappa shape index (κ3) is 3.46. The van der Waals surface area contributed by atoms with Crippen LogP contribution in [0.3, 0.4) is 0 Å². The van der Waals surface area contributed by atoms with Crippen molar-refractivity contribution in [2.75, 3.05) is 5.73 Å². The van der Waals surface area contributed by atoms with Gasteiger partial charge in [0, 0.05) is 10.5 Å². The maximum absolute atomic E-state index is 10.9. The largest absolute Gasteiger partial charge is 0.438 e. The SMILES string of the molecule is CC(C)c1c(N)ncnc1Oc1cc(Br)cc([N+](=O)[O-])c1. The second-order valence-corrected chi connectivity index (χ2v) is 5.55. The van der Waals surface area contributed by atoms with Crippen LogP contribution in [0.25, 0.3) is 0 Å². The predicted molar refractivity (Wildman–Crippen MR) is 81.4 cm³/mol. The lowest BCUT2D eigenvalue weighted by Gasteiger charge is -2.13. The molecule has 7 nitrogen and oxygen atoms in total. The molecule has 21 heavy (non-hydrogen) atoms. The summed E-state index contributed by atoms with van der Waals surface area (Å²) in [4.78, 5) is 18.4. The molecule has 0 amide bonds. The molecule has 0 atom stereocenters. The standard InChI is InChI=1S/C13H13BrN4O3/c1-7(2)11-12(15)16-6-17-13(11)21-10-4-8(14)3-9(5-10)18(19)20/h3-7H,1-2H3,(H2,15,16,17). The number of aromatic nitrogens is 2. The Morgan fingerprint density at radius 1 is 1.33 bits per heavy atom. The number of anilines is 1. The summed E-state index contributed by atoms with van der Waals surface area (Å²) in [5, 5.41) is 10.9. The van der Waals surface area contributed by atoms with Crippen LogP contribution in [0, 0.1) is 10.1 Å². The van der Waals surface area contributed by atoms with Gasteiger partial charge in [-0.05, 0) is 12.0 Å². The van der Waals surface area contributed by atoms with E-state index in [-0.39, 0.29) is 11.6 Å². The zero-order chi connectivity index (χ0) is 15.6. The second kappa shape index (κ2) is 6.04. The van der Waals surface area contributed by atoms with Crippen molar-refractivity contribution in [2.45, 2.75) is 19.8 Å². The van der Waals surface area contributed by atoms with Crippen molar-refractivity contribution in [3.63, 3.8) is 0 Å². The first-order valence-corrected chi connectivity index (χ1v) is 6.91. The molecule has 0 fully saturated rings. The fourth-order valence-corrected chi connectivity index (χ4v) is 2.30. The number of nitro benzene ring substituents is 1. The Balaban J connectivity index is 2.43. The normalized spacial score (nSPS) is 10.7. The van der Waals surface area contributed by atoms with Crippen molar-refractivity contribution in [3.8, 4) is 11.6 Å². The van der Waals surface area contributed by atoms with Gasteiger partial charge in [0.2, 0.25) is 5.88 Å². The van der Waals surface area contributed by atoms with Crippen molar-refractivity contribution in [1.29, 1.82) is 0 Å². The van der Waals surface area contributed by atoms with E-state index in [1.165, 1.54) is 18.5 Å². The minimum Gasteiger partial charge on any atom is -0.438 e. The Morgan fingerprint density at radius 3 is 2.67 bits per heavy atom. The van der Waals surface area contributed by atoms with E-state index in [2.05, 4.69) is 25.9 Å². The maximum Gasteiger partial charge on any atom is 0.274 e. The summed E-state index contributed by atoms with van der Waals surface area (Å²) in [5.74, 6) is 0.990. The molecule has 110 valence electrons. The lowest BCUT2D eigenvalue weighted by molar-refractivity contribution is -0.385. The van der Waals surface area contributed by atoms with Crippen molar-refractivity contribution >= 4 is 27.4 Å². The Bertz CT molecular complexity index is 691. The highest BCUT2D eigenvalue weighted by Crippen LogP contribution is 2.34. The molecule has 0 saturated carbocycles. The van der Waals surface area contributed by atoms with Crippen LogP contribution in [0.1, 0.15) is 25.3 Å². The van der Waals surface area contributed by atoms with Crippen LogP contribution in [-0.4, -0.2) is 14.9 Å². The lowest BCUT2D eigenvalue weighted by atomic mass is 10.1. The zero-order valence-electron chi connectivity index (χ0n) is 11.4. The van der Waals surface area contributed by atoms with Gasteiger partial charge in [-0.25, -0.2) is 9.97 Å². The molecule has 0 unspecified atom stereocenters. The molecule has 0 bridgehead atoms. The number of ether oxygens (including phenoxy) is 1. The van der Waals surface area contributed by atoms with Crippen LogP contribution in [-0.2, 0) is 0 Å². The molecule has 0 saturated heterocycles. The Morgan fingerprint density at radius 2 is 2.05 bits per heavy atom. The van der Waals surface area contributed by atoms with Gasteiger partial charge >= 0.3 is 0 Å². The fourth-order valence-electron chi connectivity index (χ4n) is 1.84. The Hall–Kier alpha value is -2.22. The minimum atomic E-state index is -0.491. The molecule has 1 aromatic carbocycles. The van der Waals surface area contributed by atoms with Gasteiger partial charge < -0.3 is 10.5 Å². The van der Waals surface area contributed by atoms with E-state index in [9.17, 15) is 10.1 Å². The van der Waals surface area contributed by atoms with Gasteiger partial charge in [0.1, 0.15) is 17.9 Å². The van der Waals surface area contributed by atoms with Gasteiger partial charge in [-0.15, -0.1) is 0 Å². The van der Waals surface area contributed by atoms with Crippen LogP contribution in [0.2, 0.25) is 0 Å². The Kier molecular flexibility index (Phi) is 4.37. The van der Waals surface area contributed by atoms with Crippen molar-refractivity contribution in [2.24, 2.45) is 0 Å². The summed E-state index contributed by atoms with van der Waals surface area (Å²) in [7, 11) is 0. The van der Waals surface area contributed by atoms with Gasteiger partial charge in [-0.3, -0.25) is 10.1 Å². The predicted octanol–water partition coefficient (Wildman–Crippen LogP) is 3.65. The quantitative estimate of drug-likeness (QED) is 0.665. The topological polar surface area (TPSA) is 104 Å². The molecule has 0 aliphatic heterocycles. The van der Waals surface area contributed by atoms with Gasteiger partial charge in [-0.2, -0.15) is 0 Å². The summed E-state index contributed by atoms with van der Waals surface area (Å²) in [6.07, 6.45) is 1.29. The summed E-state index contributed by atoms with van der Waals surface area (Å²) < 4.78 is 6.20. The van der Waals surface area contributed by atoms with E-state index in [1.807, 2.05) is 13.8 Å². The molecule has 2 N–H and O–H groups in total. The summed E-state index contributed by atoms with van der Waals surface area (Å²) in [6, 6.07) is 4.34. The second-order valence-electron chi connectivity index (χ2n) is 4.64. The maximum atomic E-state index is 10.9. The number of nitrogens with zero attached hydrogens (tertiary/aromatic N) is 3. The number of benzene rings is 1. The number of nitrogen functional groups attached to an aromatic ring is 1. The first kappa shape index (κ1) is 15.2. The molecule has 0 radical (unpaired) electrons. The highest BCUT2D eigenvalue weighted by Gasteiger charge is 2.17. The number of non-ortho nitro benzene ring substituents is 1. The molecule has 0 spiro atoms. The number of hydrogen-bond acceptors (Lipinski definition) is 6. The monoisotopic (exact) mass is 352 g/mol. The van der Waals surface area contributed by atoms with Crippen LogP contribution in [0.5, 0.6) is 11.6 Å². The molecule has 2 aromatic rings. The van der Waals surface area contributed by atoms with E-state index < -0.39 is 4.92 Å². The average molecular weight is 353 g/mol. The van der Waals surface area contributed by atoms with E-state index in [4.69, 9.17) is 10.5 Å². The van der Waals surface area contributed by atoms with Crippen LogP contribution < -0.4 is 10.5 Å². The first-order chi connectivity index (χ1) is 9.88. The third-order valence-corrected chi connectivity index (χ3v) is 3.19. The van der Waals surface area contributed by atoms with Crippen molar-refractivity contribution in [3.05, 3.63) is 44.7 Å². The smallest absolute Gasteiger partial charge is 0.274 e. The van der Waals surface area contributed by atoms with Gasteiger partial charge in [-0.1, -0.05) is 29.8 Å². The summed E-state index contributed by atoms with van der Waals surface area (Å²) >= 11 is 3.21. The van der Waals surface area contributed by atoms with Crippen LogP contribution in [0.4, 0.5) is 11.5 Å². The number of nitro groups is 1. The molecule has 0 aliphatic carbocycles. The van der Waals surface area contributed by atoms with E-state index >= 15 is 0 Å². The molecule has 1 aromatic heterocycles. The number of rotatable bonds is 4. The fraction of sp³-hybridized carbons (Fsp3) is 0.231. The van der Waals surface area contributed by atoms with Crippen molar-refractivity contribution < 1.29 is 9.66 Å². The third-order valence-electron chi connectivity index (χ3n) is 2.74. The Labute approximate surface area is 129 Å². The van der Waals surface area contributed by atoms with Crippen molar-refractivity contribution in [1.82, 2.24) is 9.97 Å². The van der Waals surface area contributed by atoms with Gasteiger partial charge in [0.15, 0.2) is 0 Å². The average Bonchev–Trinajstić information content (AvgIpc) is 2.37. The van der Waals surface area contributed by atoms with Gasteiger partial charge in [0.05, 0.1) is 16.6 Å². The molecule has 8 heteroatoms. The number of hydrogen-bond donors (Lipinski definition) is 1. The molecule has 0 aliphatic rings. The van der Waals surface area contributed by atoms with Gasteiger partial charge in [0.25, 0.3) is 5.69 Å². The lowest BCUT2D eigenvalue weighted by Crippen LogP contribution is -2.04. The number of halogens is 1. The van der Waals surface area contributed by atoms with E-state index in [0.717, 1.165) is 0 Å². The highest BCUT2D eigenvalue weighted by molar-refractivity contribution is 9.10. The highest BCUT2D eigenvalue weighted by atomic mass is 79.9. The molecule has 1 heterocycles. The summed E-state index contributed by atoms with van der Waals surface area (Å²) in [5.41, 5.74) is 6.43. The zero-order valence-corrected chi connectivity index (χ0v) is 13.0. The molecular weight excluding hydrogens is 340 g/mol. The van der Waals surface area contributed by atoms with E-state index in [0.29, 0.717) is 27.5 Å².